The molecule has 0 radical (unpaired) electrons. The van der Waals surface area contributed by atoms with E-state index in [-0.39, 0.29) is 53.4 Å². The summed E-state index contributed by atoms with van der Waals surface area (Å²) in [5.41, 5.74) is 0.847. The van der Waals surface area contributed by atoms with Gasteiger partial charge in [0, 0.05) is 19.8 Å². The first kappa shape index (κ1) is 21.6. The lowest BCUT2D eigenvalue weighted by atomic mass is 9.63. The smallest absolute Gasteiger partial charge is 0.306 e. The van der Waals surface area contributed by atoms with Gasteiger partial charge < -0.3 is 9.47 Å². The molecule has 2 aliphatic carbocycles. The number of esters is 2. The molecule has 0 aromatic rings. The molecule has 2 fully saturated rings. The molecule has 5 heteroatoms. The van der Waals surface area contributed by atoms with E-state index in [1.54, 1.807) is 6.92 Å². The Hall–Kier alpha value is -1.65. The van der Waals surface area contributed by atoms with Gasteiger partial charge in [0.25, 0.3) is 0 Å². The summed E-state index contributed by atoms with van der Waals surface area (Å²) in [7, 11) is 0. The van der Waals surface area contributed by atoms with Crippen LogP contribution in [0.4, 0.5) is 0 Å². The average Bonchev–Trinajstić information content (AvgIpc) is 2.85. The maximum atomic E-state index is 12.8. The molecule has 0 saturated heterocycles. The summed E-state index contributed by atoms with van der Waals surface area (Å²) >= 11 is 0. The molecule has 6 atom stereocenters. The van der Waals surface area contributed by atoms with Crippen LogP contribution in [0.1, 0.15) is 60.8 Å². The molecule has 0 aromatic carbocycles. The van der Waals surface area contributed by atoms with Crippen LogP contribution in [0, 0.1) is 35.5 Å². The van der Waals surface area contributed by atoms with Crippen LogP contribution in [-0.4, -0.2) is 29.9 Å². The first-order valence-electron chi connectivity index (χ1n) is 10.1. The summed E-state index contributed by atoms with van der Waals surface area (Å²) in [5.74, 6) is 0.0980. The highest BCUT2D eigenvalue weighted by Gasteiger charge is 2.55. The Morgan fingerprint density at radius 1 is 1.19 bits per heavy atom. The van der Waals surface area contributed by atoms with Gasteiger partial charge in [-0.25, -0.2) is 0 Å². The molecule has 0 aliphatic heterocycles. The summed E-state index contributed by atoms with van der Waals surface area (Å²) < 4.78 is 11.1. The molecule has 27 heavy (non-hydrogen) atoms. The second-order valence-electron chi connectivity index (χ2n) is 8.99. The van der Waals surface area contributed by atoms with E-state index in [0.717, 1.165) is 5.57 Å². The number of fused-ring (bicyclic) bond motifs is 1. The van der Waals surface area contributed by atoms with Crippen molar-refractivity contribution in [1.29, 1.82) is 0 Å². The minimum atomic E-state index is -0.445. The minimum Gasteiger partial charge on any atom is -0.462 e. The van der Waals surface area contributed by atoms with Gasteiger partial charge in [-0.3, -0.25) is 14.4 Å². The molecular weight excluding hydrogens is 344 g/mol. The average molecular weight is 379 g/mol. The van der Waals surface area contributed by atoms with E-state index in [1.165, 1.54) is 6.92 Å². The second-order valence-corrected chi connectivity index (χ2v) is 8.99. The van der Waals surface area contributed by atoms with Gasteiger partial charge in [0.05, 0.1) is 5.92 Å². The van der Waals surface area contributed by atoms with E-state index in [0.29, 0.717) is 25.2 Å². The zero-order valence-electron chi connectivity index (χ0n) is 17.5. The van der Waals surface area contributed by atoms with Crippen molar-refractivity contribution in [3.63, 3.8) is 0 Å². The molecule has 0 amide bonds. The van der Waals surface area contributed by atoms with Crippen molar-refractivity contribution in [2.45, 2.75) is 73.0 Å². The van der Waals surface area contributed by atoms with E-state index in [4.69, 9.17) is 9.47 Å². The fourth-order valence-electron chi connectivity index (χ4n) is 4.98. The number of hydrogen-bond donors (Lipinski definition) is 0. The van der Waals surface area contributed by atoms with Crippen molar-refractivity contribution >= 4 is 17.7 Å². The number of ether oxygens (including phenoxy) is 2. The third kappa shape index (κ3) is 4.80. The number of ketones is 1. The fourth-order valence-corrected chi connectivity index (χ4v) is 4.98. The topological polar surface area (TPSA) is 69.7 Å². The molecule has 6 unspecified atom stereocenters. The molecule has 0 aromatic heterocycles. The third-order valence-electron chi connectivity index (χ3n) is 6.11. The molecule has 0 N–H and O–H groups in total. The van der Waals surface area contributed by atoms with Gasteiger partial charge in [0.15, 0.2) is 0 Å². The van der Waals surface area contributed by atoms with Crippen molar-refractivity contribution in [3.8, 4) is 0 Å². The van der Waals surface area contributed by atoms with Crippen LogP contribution in [0.25, 0.3) is 0 Å². The first-order valence-corrected chi connectivity index (χ1v) is 10.1. The number of carbonyl (C=O) groups is 3. The van der Waals surface area contributed by atoms with Gasteiger partial charge in [0.2, 0.25) is 0 Å². The molecule has 0 bridgehead atoms. The number of Topliss-reactive ketones (excluding diaryl/α,β-unsaturated/α-hetero) is 1. The van der Waals surface area contributed by atoms with Crippen molar-refractivity contribution in [3.05, 3.63) is 12.2 Å². The van der Waals surface area contributed by atoms with Gasteiger partial charge in [-0.2, -0.15) is 0 Å². The number of carbonyl (C=O) groups excluding carboxylic acids is 3. The van der Waals surface area contributed by atoms with E-state index < -0.39 is 6.10 Å². The highest BCUT2D eigenvalue weighted by atomic mass is 16.5. The first-order chi connectivity index (χ1) is 12.5. The predicted octanol–water partition coefficient (Wildman–Crippen LogP) is 3.95. The monoisotopic (exact) mass is 378 g/mol. The number of hydrogen-bond acceptors (Lipinski definition) is 5. The van der Waals surface area contributed by atoms with Crippen LogP contribution in [0.15, 0.2) is 12.2 Å². The maximum Gasteiger partial charge on any atom is 0.306 e. The minimum absolute atomic E-state index is 0.0153. The second kappa shape index (κ2) is 8.57. The molecule has 0 spiro atoms. The van der Waals surface area contributed by atoms with Gasteiger partial charge in [0.1, 0.15) is 18.0 Å². The molecule has 5 nitrogen and oxygen atoms in total. The lowest BCUT2D eigenvalue weighted by molar-refractivity contribution is -0.155. The normalized spacial score (nSPS) is 31.8. The van der Waals surface area contributed by atoms with Gasteiger partial charge in [-0.1, -0.05) is 34.3 Å². The summed E-state index contributed by atoms with van der Waals surface area (Å²) in [6.07, 6.45) is 0.675. The molecule has 2 saturated carbocycles. The Morgan fingerprint density at radius 3 is 2.33 bits per heavy atom. The Balaban J connectivity index is 2.25. The zero-order chi connectivity index (χ0) is 20.5. The predicted molar refractivity (Wildman–Crippen MR) is 103 cm³/mol. The highest BCUT2D eigenvalue weighted by molar-refractivity contribution is 5.85. The molecule has 0 heterocycles. The van der Waals surface area contributed by atoms with E-state index in [1.807, 2.05) is 13.8 Å². The van der Waals surface area contributed by atoms with E-state index in [9.17, 15) is 14.4 Å². The standard InChI is InChI=1S/C22H34O5/c1-11(2)8-20(25)27-19-10-16(12(3)4)22-17(13(19)5)9-18(24)21(22)14(6)26-15(7)23/h11-12,14,16-17,19,21-22H,5,8-10H2,1-4,6-7H3. The van der Waals surface area contributed by atoms with Gasteiger partial charge >= 0.3 is 11.9 Å². The Labute approximate surface area is 162 Å². The molecule has 152 valence electrons. The fraction of sp³-hybridized carbons (Fsp3) is 0.773. The Bertz CT molecular complexity index is 606. The summed E-state index contributed by atoms with van der Waals surface area (Å²) in [5, 5.41) is 0. The van der Waals surface area contributed by atoms with Gasteiger partial charge in [-0.15, -0.1) is 0 Å². The van der Waals surface area contributed by atoms with Crippen molar-refractivity contribution in [2.75, 3.05) is 0 Å². The summed E-state index contributed by atoms with van der Waals surface area (Å²) in [4.78, 5) is 36.4. The van der Waals surface area contributed by atoms with Crippen LogP contribution >= 0.6 is 0 Å². The summed E-state index contributed by atoms with van der Waals surface area (Å²) in [6.45, 7) is 15.6. The van der Waals surface area contributed by atoms with Crippen molar-refractivity contribution < 1.29 is 23.9 Å². The van der Waals surface area contributed by atoms with Gasteiger partial charge in [-0.05, 0) is 48.5 Å². The summed E-state index contributed by atoms with van der Waals surface area (Å²) in [6, 6.07) is 0. The van der Waals surface area contributed by atoms with E-state index >= 15 is 0 Å². The van der Waals surface area contributed by atoms with Crippen LogP contribution in [-0.2, 0) is 23.9 Å². The molecule has 2 rings (SSSR count). The van der Waals surface area contributed by atoms with E-state index in [2.05, 4.69) is 20.4 Å². The zero-order valence-corrected chi connectivity index (χ0v) is 17.5. The maximum absolute atomic E-state index is 12.8. The van der Waals surface area contributed by atoms with Crippen molar-refractivity contribution in [1.82, 2.24) is 0 Å². The Kier molecular flexibility index (Phi) is 6.87. The van der Waals surface area contributed by atoms with Crippen LogP contribution in [0.2, 0.25) is 0 Å². The largest absolute Gasteiger partial charge is 0.462 e. The Morgan fingerprint density at radius 2 is 1.81 bits per heavy atom. The molecular formula is C22H34O5. The highest BCUT2D eigenvalue weighted by Crippen LogP contribution is 2.53. The SMILES string of the molecule is C=C1C(OC(=O)CC(C)C)CC(C(C)C)C2C1CC(=O)C2C(C)OC(C)=O. The van der Waals surface area contributed by atoms with Crippen molar-refractivity contribution in [2.24, 2.45) is 35.5 Å². The quantitative estimate of drug-likeness (QED) is 0.517. The number of rotatable bonds is 6. The molecule has 2 aliphatic rings. The van der Waals surface area contributed by atoms with Crippen LogP contribution < -0.4 is 0 Å². The third-order valence-corrected chi connectivity index (χ3v) is 6.11. The van der Waals surface area contributed by atoms with Crippen LogP contribution in [0.3, 0.4) is 0 Å². The lowest BCUT2D eigenvalue weighted by Crippen LogP contribution is -2.44. The van der Waals surface area contributed by atoms with Crippen LogP contribution in [0.5, 0.6) is 0 Å². The lowest BCUT2D eigenvalue weighted by Gasteiger charge is -2.44.